The maximum absolute atomic E-state index is 11.6. The molecule has 2 atom stereocenters. The lowest BCUT2D eigenvalue weighted by Crippen LogP contribution is -2.46. The molecule has 3 heterocycles. The number of rotatable bonds is 6. The average Bonchev–Trinajstić information content (AvgIpc) is 3.28. The summed E-state index contributed by atoms with van der Waals surface area (Å²) in [7, 11) is -1.09. The van der Waals surface area contributed by atoms with Gasteiger partial charge >= 0.3 is 0 Å². The summed E-state index contributed by atoms with van der Waals surface area (Å²) >= 11 is 1.77. The van der Waals surface area contributed by atoms with Crippen molar-refractivity contribution < 1.29 is 13.2 Å². The zero-order chi connectivity index (χ0) is 18.4. The zero-order valence-corrected chi connectivity index (χ0v) is 16.8. The van der Waals surface area contributed by atoms with Crippen molar-refractivity contribution >= 4 is 27.1 Å². The molecular weight excluding hydrogens is 372 g/mol. The van der Waals surface area contributed by atoms with Gasteiger partial charge < -0.3 is 15.4 Å². The molecule has 1 aromatic heterocycles. The van der Waals surface area contributed by atoms with Crippen LogP contribution < -0.4 is 10.6 Å². The number of sulfone groups is 1. The summed E-state index contributed by atoms with van der Waals surface area (Å²) in [6, 6.07) is 4.54. The molecule has 3 rings (SSSR count). The first-order valence-corrected chi connectivity index (χ1v) is 11.8. The van der Waals surface area contributed by atoms with Gasteiger partial charge in [0.1, 0.15) is 0 Å². The number of nitrogens with zero attached hydrogens (tertiary/aromatic N) is 2. The number of nitrogens with one attached hydrogen (secondary N) is 2. The highest BCUT2D eigenvalue weighted by atomic mass is 32.2. The number of guanidine groups is 1. The Morgan fingerprint density at radius 2 is 2.23 bits per heavy atom. The van der Waals surface area contributed by atoms with E-state index in [4.69, 9.17) is 4.74 Å². The van der Waals surface area contributed by atoms with E-state index < -0.39 is 9.84 Å². The van der Waals surface area contributed by atoms with Crippen LogP contribution in [0.5, 0.6) is 0 Å². The topological polar surface area (TPSA) is 83.0 Å². The van der Waals surface area contributed by atoms with Crippen LogP contribution >= 0.6 is 11.3 Å². The molecule has 0 radical (unpaired) electrons. The van der Waals surface area contributed by atoms with Crippen molar-refractivity contribution in [3.63, 3.8) is 0 Å². The number of hydrogen-bond acceptors (Lipinski definition) is 6. The molecule has 2 aliphatic heterocycles. The van der Waals surface area contributed by atoms with Crippen LogP contribution in [0.25, 0.3) is 0 Å². The number of hydrogen-bond donors (Lipinski definition) is 2. The van der Waals surface area contributed by atoms with Crippen LogP contribution in [0.2, 0.25) is 0 Å². The van der Waals surface area contributed by atoms with E-state index in [9.17, 15) is 8.42 Å². The molecule has 2 aliphatic rings. The number of thiophene rings is 1. The van der Waals surface area contributed by atoms with Gasteiger partial charge in [0.25, 0.3) is 0 Å². The molecule has 2 N–H and O–H groups in total. The van der Waals surface area contributed by atoms with E-state index in [0.717, 1.165) is 45.2 Å². The molecule has 0 spiro atoms. The Labute approximate surface area is 159 Å². The maximum Gasteiger partial charge on any atom is 0.191 e. The molecule has 9 heteroatoms. The third kappa shape index (κ3) is 5.42. The summed E-state index contributed by atoms with van der Waals surface area (Å²) in [4.78, 5) is 8.06. The largest absolute Gasteiger partial charge is 0.379 e. The van der Waals surface area contributed by atoms with Crippen molar-refractivity contribution in [2.45, 2.75) is 12.5 Å². The lowest BCUT2D eigenvalue weighted by molar-refractivity contribution is 0.0177. The fraction of sp³-hybridized carbons (Fsp3) is 0.706. The highest BCUT2D eigenvalue weighted by Gasteiger charge is 2.28. The van der Waals surface area contributed by atoms with Gasteiger partial charge in [-0.1, -0.05) is 6.07 Å². The first-order valence-electron chi connectivity index (χ1n) is 9.07. The van der Waals surface area contributed by atoms with Crippen molar-refractivity contribution in [1.82, 2.24) is 15.5 Å². The van der Waals surface area contributed by atoms with E-state index in [1.165, 1.54) is 4.88 Å². The van der Waals surface area contributed by atoms with Gasteiger partial charge in [-0.25, -0.2) is 8.42 Å². The van der Waals surface area contributed by atoms with Gasteiger partial charge in [-0.05, 0) is 23.8 Å². The first kappa shape index (κ1) is 19.6. The lowest BCUT2D eigenvalue weighted by Gasteiger charge is -2.34. The molecule has 2 unspecified atom stereocenters. The fourth-order valence-corrected chi connectivity index (χ4v) is 6.19. The fourth-order valence-electron chi connectivity index (χ4n) is 3.47. The minimum atomic E-state index is -2.84. The normalized spacial score (nSPS) is 25.1. The van der Waals surface area contributed by atoms with Crippen molar-refractivity contribution in [2.75, 3.05) is 57.9 Å². The Kier molecular flexibility index (Phi) is 6.91. The van der Waals surface area contributed by atoms with Gasteiger partial charge in [0, 0.05) is 38.1 Å². The second-order valence-electron chi connectivity index (χ2n) is 6.78. The van der Waals surface area contributed by atoms with Gasteiger partial charge in [0.15, 0.2) is 15.8 Å². The van der Waals surface area contributed by atoms with Gasteiger partial charge in [-0.2, -0.15) is 0 Å². The summed E-state index contributed by atoms with van der Waals surface area (Å²) in [6.45, 7) is 4.78. The maximum atomic E-state index is 11.6. The third-order valence-corrected chi connectivity index (χ3v) is 7.74. The SMILES string of the molecule is CN=C(NCC1CCS(=O)(=O)C1)NCC(c1cccs1)N1CCOCC1. The van der Waals surface area contributed by atoms with Crippen LogP contribution in [0.3, 0.4) is 0 Å². The third-order valence-electron chi connectivity index (χ3n) is 4.93. The van der Waals surface area contributed by atoms with Crippen LogP contribution in [0.4, 0.5) is 0 Å². The number of ether oxygens (including phenoxy) is 1. The highest BCUT2D eigenvalue weighted by Crippen LogP contribution is 2.25. The van der Waals surface area contributed by atoms with Gasteiger partial charge in [-0.15, -0.1) is 11.3 Å². The van der Waals surface area contributed by atoms with Crippen molar-refractivity contribution in [3.8, 4) is 0 Å². The Bertz CT molecular complexity index is 685. The Balaban J connectivity index is 1.53. The molecule has 7 nitrogen and oxygen atoms in total. The molecule has 0 saturated carbocycles. The molecule has 26 heavy (non-hydrogen) atoms. The van der Waals surface area contributed by atoms with Crippen molar-refractivity contribution in [1.29, 1.82) is 0 Å². The molecule has 1 aromatic rings. The molecule has 0 amide bonds. The van der Waals surface area contributed by atoms with Gasteiger partial charge in [0.2, 0.25) is 0 Å². The quantitative estimate of drug-likeness (QED) is 0.541. The van der Waals surface area contributed by atoms with Gasteiger partial charge in [0.05, 0.1) is 30.8 Å². The Hall–Kier alpha value is -1.16. The van der Waals surface area contributed by atoms with Crippen LogP contribution in [-0.4, -0.2) is 77.2 Å². The van der Waals surface area contributed by atoms with Gasteiger partial charge in [-0.3, -0.25) is 9.89 Å². The van der Waals surface area contributed by atoms with E-state index in [-0.39, 0.29) is 17.7 Å². The van der Waals surface area contributed by atoms with E-state index in [1.807, 2.05) is 0 Å². The van der Waals surface area contributed by atoms with Crippen LogP contribution in [-0.2, 0) is 14.6 Å². The molecule has 0 bridgehead atoms. The minimum Gasteiger partial charge on any atom is -0.379 e. The molecule has 2 saturated heterocycles. The predicted octanol–water partition coefficient (Wildman–Crippen LogP) is 0.721. The molecule has 0 aromatic carbocycles. The number of aliphatic imine (C=N–C) groups is 1. The summed E-state index contributed by atoms with van der Waals surface area (Å²) in [6.07, 6.45) is 0.734. The van der Waals surface area contributed by atoms with Crippen molar-refractivity contribution in [2.24, 2.45) is 10.9 Å². The van der Waals surface area contributed by atoms with Crippen LogP contribution in [0.1, 0.15) is 17.3 Å². The molecule has 146 valence electrons. The summed E-state index contributed by atoms with van der Waals surface area (Å²) in [5.41, 5.74) is 0. The molecular formula is C17H28N4O3S2. The Morgan fingerprint density at radius 1 is 1.42 bits per heavy atom. The summed E-state index contributed by atoms with van der Waals surface area (Å²) in [5.74, 6) is 1.49. The second-order valence-corrected chi connectivity index (χ2v) is 9.99. The van der Waals surface area contributed by atoms with Crippen LogP contribution in [0, 0.1) is 5.92 Å². The predicted molar refractivity (Wildman–Crippen MR) is 106 cm³/mol. The molecule has 2 fully saturated rings. The second kappa shape index (κ2) is 9.16. The van der Waals surface area contributed by atoms with E-state index in [2.05, 4.69) is 38.0 Å². The Morgan fingerprint density at radius 3 is 2.85 bits per heavy atom. The monoisotopic (exact) mass is 400 g/mol. The summed E-state index contributed by atoms with van der Waals surface area (Å²) in [5, 5.41) is 8.81. The highest BCUT2D eigenvalue weighted by molar-refractivity contribution is 7.91. The summed E-state index contributed by atoms with van der Waals surface area (Å²) < 4.78 is 28.7. The first-order chi connectivity index (χ1) is 12.6. The van der Waals surface area contributed by atoms with Crippen molar-refractivity contribution in [3.05, 3.63) is 22.4 Å². The lowest BCUT2D eigenvalue weighted by atomic mass is 10.1. The zero-order valence-electron chi connectivity index (χ0n) is 15.2. The number of morpholine rings is 1. The van der Waals surface area contributed by atoms with E-state index in [1.54, 1.807) is 18.4 Å². The minimum absolute atomic E-state index is 0.172. The van der Waals surface area contributed by atoms with E-state index in [0.29, 0.717) is 12.3 Å². The van der Waals surface area contributed by atoms with Crippen LogP contribution in [0.15, 0.2) is 22.5 Å². The standard InChI is InChI=1S/C17H28N4O3S2/c1-18-17(19-11-14-4-10-26(22,23)13-14)20-12-15(16-3-2-9-25-16)21-5-7-24-8-6-21/h2-3,9,14-15H,4-8,10-13H2,1H3,(H2,18,19,20). The average molecular weight is 401 g/mol. The smallest absolute Gasteiger partial charge is 0.191 e. The molecule has 0 aliphatic carbocycles. The van der Waals surface area contributed by atoms with E-state index >= 15 is 0 Å².